The molecule has 2 N–H and O–H groups in total. The summed E-state index contributed by atoms with van der Waals surface area (Å²) in [6.45, 7) is 2.85. The second kappa shape index (κ2) is 7.94. The van der Waals surface area contributed by atoms with E-state index >= 15 is 0 Å². The Morgan fingerprint density at radius 1 is 1.31 bits per heavy atom. The first-order valence-corrected chi connectivity index (χ1v) is 9.02. The van der Waals surface area contributed by atoms with Crippen LogP contribution in [-0.4, -0.2) is 40.6 Å². The van der Waals surface area contributed by atoms with E-state index in [-0.39, 0.29) is 30.0 Å². The summed E-state index contributed by atoms with van der Waals surface area (Å²) in [5.74, 6) is -0.111. The van der Waals surface area contributed by atoms with Crippen LogP contribution in [-0.2, 0) is 13.0 Å². The van der Waals surface area contributed by atoms with Crippen molar-refractivity contribution in [2.45, 2.75) is 31.7 Å². The molecule has 0 unspecified atom stereocenters. The minimum atomic E-state index is -0.270. The molecule has 4 rings (SSSR count). The number of fused-ring (bicyclic) bond motifs is 1. The molecule has 5 nitrogen and oxygen atoms in total. The molecule has 140 valence electrons. The molecule has 2 aliphatic heterocycles. The average molecular weight is 399 g/mol. The van der Waals surface area contributed by atoms with Gasteiger partial charge >= 0.3 is 0 Å². The van der Waals surface area contributed by atoms with Gasteiger partial charge in [-0.2, -0.15) is 5.10 Å². The molecular formula is C18H21Cl2FN4O. The fourth-order valence-corrected chi connectivity index (χ4v) is 4.04. The fourth-order valence-electron chi connectivity index (χ4n) is 3.77. The molecule has 3 heterocycles. The van der Waals surface area contributed by atoms with E-state index in [2.05, 4.69) is 15.5 Å². The summed E-state index contributed by atoms with van der Waals surface area (Å²) >= 11 is 6.22. The molecule has 1 aromatic carbocycles. The number of hydrogen-bond acceptors (Lipinski definition) is 3. The number of nitrogens with one attached hydrogen (secondary N) is 2. The molecule has 0 bridgehead atoms. The van der Waals surface area contributed by atoms with Gasteiger partial charge in [0, 0.05) is 48.9 Å². The van der Waals surface area contributed by atoms with Crippen molar-refractivity contribution in [1.29, 1.82) is 0 Å². The summed E-state index contributed by atoms with van der Waals surface area (Å²) in [5, 5.41) is 11.1. The maximum absolute atomic E-state index is 13.5. The topological polar surface area (TPSA) is 61.0 Å². The van der Waals surface area contributed by atoms with Crippen molar-refractivity contribution in [3.63, 3.8) is 0 Å². The summed E-state index contributed by atoms with van der Waals surface area (Å²) in [6, 6.07) is 4.49. The smallest absolute Gasteiger partial charge is 0.274 e. The highest BCUT2D eigenvalue weighted by molar-refractivity contribution is 6.31. The lowest BCUT2D eigenvalue weighted by atomic mass is 9.89. The number of carbonyl (C=O) groups excluding carboxylic acids is 1. The number of piperidine rings is 1. The predicted octanol–water partition coefficient (Wildman–Crippen LogP) is 3.29. The van der Waals surface area contributed by atoms with E-state index in [4.69, 9.17) is 11.6 Å². The number of halogens is 3. The number of amides is 1. The van der Waals surface area contributed by atoms with E-state index < -0.39 is 0 Å². The highest BCUT2D eigenvalue weighted by Crippen LogP contribution is 2.33. The number of likely N-dealkylation sites (tertiary alicyclic amines) is 1. The highest BCUT2D eigenvalue weighted by Gasteiger charge is 2.29. The molecule has 1 aromatic heterocycles. The number of H-pyrrole nitrogens is 1. The van der Waals surface area contributed by atoms with Crippen LogP contribution in [0.5, 0.6) is 0 Å². The molecule has 1 fully saturated rings. The van der Waals surface area contributed by atoms with Gasteiger partial charge in [0.2, 0.25) is 0 Å². The third-order valence-corrected chi connectivity index (χ3v) is 5.53. The Hall–Kier alpha value is -1.63. The number of benzene rings is 1. The molecule has 1 amide bonds. The molecule has 0 spiro atoms. The van der Waals surface area contributed by atoms with Gasteiger partial charge in [-0.3, -0.25) is 9.89 Å². The SMILES string of the molecule is Cl.O=C(c1n[nH]c2c1CNCC2)N1CCC(c2cc(F)ccc2Cl)CC1. The average Bonchev–Trinajstić information content (AvgIpc) is 3.07. The van der Waals surface area contributed by atoms with Crippen LogP contribution in [0.1, 0.15) is 46.1 Å². The molecule has 0 radical (unpaired) electrons. The van der Waals surface area contributed by atoms with Gasteiger partial charge in [0.1, 0.15) is 5.82 Å². The number of hydrogen-bond donors (Lipinski definition) is 2. The monoisotopic (exact) mass is 398 g/mol. The lowest BCUT2D eigenvalue weighted by Gasteiger charge is -2.32. The molecule has 26 heavy (non-hydrogen) atoms. The van der Waals surface area contributed by atoms with Gasteiger partial charge in [0.15, 0.2) is 5.69 Å². The Balaban J connectivity index is 0.00000196. The van der Waals surface area contributed by atoms with Gasteiger partial charge in [-0.1, -0.05) is 11.6 Å². The van der Waals surface area contributed by atoms with Gasteiger partial charge in [0.05, 0.1) is 0 Å². The normalized spacial score (nSPS) is 17.5. The van der Waals surface area contributed by atoms with Crippen molar-refractivity contribution in [3.05, 3.63) is 51.6 Å². The van der Waals surface area contributed by atoms with E-state index in [0.29, 0.717) is 30.4 Å². The van der Waals surface area contributed by atoms with Crippen LogP contribution in [0.4, 0.5) is 4.39 Å². The van der Waals surface area contributed by atoms with Crippen LogP contribution in [0, 0.1) is 5.82 Å². The Bertz CT molecular complexity index is 802. The maximum Gasteiger partial charge on any atom is 0.274 e. The third kappa shape index (κ3) is 3.59. The molecule has 0 atom stereocenters. The van der Waals surface area contributed by atoms with Gasteiger partial charge < -0.3 is 10.2 Å². The highest BCUT2D eigenvalue weighted by atomic mass is 35.5. The van der Waals surface area contributed by atoms with Crippen molar-refractivity contribution >= 4 is 29.9 Å². The first-order chi connectivity index (χ1) is 12.1. The van der Waals surface area contributed by atoms with E-state index in [1.165, 1.54) is 12.1 Å². The predicted molar refractivity (Wildman–Crippen MR) is 101 cm³/mol. The van der Waals surface area contributed by atoms with E-state index in [0.717, 1.165) is 42.6 Å². The summed E-state index contributed by atoms with van der Waals surface area (Å²) in [5.41, 5.74) is 3.43. The molecule has 2 aromatic rings. The number of aromatic amines is 1. The molecule has 1 saturated heterocycles. The van der Waals surface area contributed by atoms with Gasteiger partial charge in [-0.05, 0) is 42.5 Å². The van der Waals surface area contributed by atoms with Crippen LogP contribution in [0.3, 0.4) is 0 Å². The van der Waals surface area contributed by atoms with Gasteiger partial charge in [0.25, 0.3) is 5.91 Å². The molecule has 2 aliphatic rings. The number of carbonyl (C=O) groups is 1. The largest absolute Gasteiger partial charge is 0.337 e. The number of nitrogens with zero attached hydrogens (tertiary/aromatic N) is 2. The third-order valence-electron chi connectivity index (χ3n) is 5.19. The summed E-state index contributed by atoms with van der Waals surface area (Å²) < 4.78 is 13.5. The lowest BCUT2D eigenvalue weighted by Crippen LogP contribution is -2.39. The summed E-state index contributed by atoms with van der Waals surface area (Å²) in [4.78, 5) is 14.7. The zero-order chi connectivity index (χ0) is 17.4. The standard InChI is InChI=1S/C18H20ClFN4O.ClH/c19-15-2-1-12(20)9-13(15)11-4-7-24(8-5-11)18(25)17-14-10-21-6-3-16(14)22-23-17;/h1-2,9,11,21H,3-8,10H2,(H,22,23);1H. The zero-order valence-electron chi connectivity index (χ0n) is 14.2. The minimum Gasteiger partial charge on any atom is -0.337 e. The second-order valence-electron chi connectivity index (χ2n) is 6.69. The summed E-state index contributed by atoms with van der Waals surface area (Å²) in [6.07, 6.45) is 2.43. The number of rotatable bonds is 2. The second-order valence-corrected chi connectivity index (χ2v) is 7.10. The van der Waals surface area contributed by atoms with Crippen LogP contribution >= 0.6 is 24.0 Å². The van der Waals surface area contributed by atoms with Crippen LogP contribution in [0.25, 0.3) is 0 Å². The zero-order valence-corrected chi connectivity index (χ0v) is 15.8. The number of aromatic nitrogens is 2. The van der Waals surface area contributed by atoms with Crippen LogP contribution in [0.15, 0.2) is 18.2 Å². The Morgan fingerprint density at radius 2 is 2.08 bits per heavy atom. The maximum atomic E-state index is 13.5. The fraction of sp³-hybridized carbons (Fsp3) is 0.444. The molecular weight excluding hydrogens is 378 g/mol. The van der Waals surface area contributed by atoms with Crippen LogP contribution < -0.4 is 5.32 Å². The van der Waals surface area contributed by atoms with E-state index in [9.17, 15) is 9.18 Å². The Kier molecular flexibility index (Phi) is 5.85. The van der Waals surface area contributed by atoms with Gasteiger partial charge in [-0.15, -0.1) is 12.4 Å². The Morgan fingerprint density at radius 3 is 2.85 bits per heavy atom. The van der Waals surface area contributed by atoms with E-state index in [1.807, 2.05) is 4.90 Å². The van der Waals surface area contributed by atoms with Crippen molar-refractivity contribution in [2.24, 2.45) is 0 Å². The lowest BCUT2D eigenvalue weighted by molar-refractivity contribution is 0.0705. The first-order valence-electron chi connectivity index (χ1n) is 8.64. The van der Waals surface area contributed by atoms with Crippen molar-refractivity contribution < 1.29 is 9.18 Å². The van der Waals surface area contributed by atoms with E-state index in [1.54, 1.807) is 6.07 Å². The quantitative estimate of drug-likeness (QED) is 0.815. The van der Waals surface area contributed by atoms with Crippen LogP contribution in [0.2, 0.25) is 5.02 Å². The van der Waals surface area contributed by atoms with Crippen molar-refractivity contribution in [3.8, 4) is 0 Å². The molecule has 8 heteroatoms. The minimum absolute atomic E-state index is 0. The van der Waals surface area contributed by atoms with Gasteiger partial charge in [-0.25, -0.2) is 4.39 Å². The molecule has 0 aliphatic carbocycles. The Labute approximate surface area is 162 Å². The first kappa shape index (κ1) is 19.1. The molecule has 0 saturated carbocycles. The summed E-state index contributed by atoms with van der Waals surface area (Å²) in [7, 11) is 0. The van der Waals surface area contributed by atoms with Crippen molar-refractivity contribution in [2.75, 3.05) is 19.6 Å². The van der Waals surface area contributed by atoms with Crippen molar-refractivity contribution in [1.82, 2.24) is 20.4 Å².